The van der Waals surface area contributed by atoms with Gasteiger partial charge in [-0.25, -0.2) is 13.6 Å². The van der Waals surface area contributed by atoms with Crippen LogP contribution in [0, 0.1) is 11.6 Å². The second-order valence-corrected chi connectivity index (χ2v) is 4.82. The van der Waals surface area contributed by atoms with Crippen LogP contribution in [0.15, 0.2) is 48.5 Å². The summed E-state index contributed by atoms with van der Waals surface area (Å²) in [5.74, 6) is -1.41. The molecule has 2 aromatic carbocycles. The second-order valence-electron chi connectivity index (χ2n) is 4.82. The molecule has 1 amide bonds. The Morgan fingerprint density at radius 3 is 1.68 bits per heavy atom. The molecular formula is C16H15F2NO3. The van der Waals surface area contributed by atoms with Crippen molar-refractivity contribution in [1.82, 2.24) is 5.32 Å². The normalized spacial score (nSPS) is 12.2. The molecule has 0 bridgehead atoms. The van der Waals surface area contributed by atoms with Gasteiger partial charge in [-0.05, 0) is 35.4 Å². The fourth-order valence-corrected chi connectivity index (χ4v) is 2.39. The van der Waals surface area contributed by atoms with Crippen LogP contribution in [-0.2, 0) is 0 Å². The Hall–Kier alpha value is -2.47. The van der Waals surface area contributed by atoms with Gasteiger partial charge in [-0.1, -0.05) is 24.3 Å². The van der Waals surface area contributed by atoms with Crippen LogP contribution >= 0.6 is 0 Å². The van der Waals surface area contributed by atoms with Crippen molar-refractivity contribution in [2.24, 2.45) is 0 Å². The van der Waals surface area contributed by atoms with E-state index in [4.69, 9.17) is 5.11 Å². The molecule has 0 aliphatic carbocycles. The quantitative estimate of drug-likeness (QED) is 0.795. The van der Waals surface area contributed by atoms with Gasteiger partial charge in [0.25, 0.3) is 0 Å². The molecule has 0 aromatic heterocycles. The van der Waals surface area contributed by atoms with Crippen molar-refractivity contribution in [2.45, 2.75) is 12.0 Å². The largest absolute Gasteiger partial charge is 0.465 e. The Morgan fingerprint density at radius 1 is 0.955 bits per heavy atom. The zero-order valence-electron chi connectivity index (χ0n) is 11.5. The van der Waals surface area contributed by atoms with E-state index in [9.17, 15) is 18.7 Å². The zero-order valence-corrected chi connectivity index (χ0v) is 11.5. The third kappa shape index (κ3) is 3.79. The number of nitrogens with one attached hydrogen (secondary N) is 1. The first-order valence-electron chi connectivity index (χ1n) is 6.62. The van der Waals surface area contributed by atoms with Crippen LogP contribution in [0.4, 0.5) is 13.6 Å². The van der Waals surface area contributed by atoms with E-state index in [-0.39, 0.29) is 0 Å². The van der Waals surface area contributed by atoms with Crippen molar-refractivity contribution >= 4 is 6.09 Å². The molecule has 0 aliphatic rings. The van der Waals surface area contributed by atoms with Crippen molar-refractivity contribution in [3.8, 4) is 0 Å². The lowest BCUT2D eigenvalue weighted by atomic mass is 9.85. The lowest BCUT2D eigenvalue weighted by molar-refractivity contribution is 0.174. The number of carbonyl (C=O) groups is 1. The third-order valence-corrected chi connectivity index (χ3v) is 3.37. The van der Waals surface area contributed by atoms with Crippen LogP contribution in [-0.4, -0.2) is 29.0 Å². The van der Waals surface area contributed by atoms with E-state index in [0.29, 0.717) is 11.1 Å². The molecule has 0 spiro atoms. The maximum atomic E-state index is 13.1. The van der Waals surface area contributed by atoms with Crippen LogP contribution < -0.4 is 5.32 Å². The van der Waals surface area contributed by atoms with Gasteiger partial charge < -0.3 is 15.5 Å². The van der Waals surface area contributed by atoms with E-state index < -0.39 is 36.3 Å². The molecule has 0 saturated carbocycles. The smallest absolute Gasteiger partial charge is 0.404 e. The maximum Gasteiger partial charge on any atom is 0.404 e. The number of carboxylic acid groups (broad SMARTS) is 1. The summed E-state index contributed by atoms with van der Waals surface area (Å²) in [6.45, 7) is -0.453. The van der Waals surface area contributed by atoms with Gasteiger partial charge in [0, 0.05) is 5.92 Å². The van der Waals surface area contributed by atoms with Crippen molar-refractivity contribution in [1.29, 1.82) is 0 Å². The maximum absolute atomic E-state index is 13.1. The molecule has 116 valence electrons. The first-order chi connectivity index (χ1) is 10.5. The minimum Gasteiger partial charge on any atom is -0.465 e. The molecular weight excluding hydrogens is 292 g/mol. The molecule has 0 unspecified atom stereocenters. The Kier molecular flexibility index (Phi) is 5.06. The predicted molar refractivity (Wildman–Crippen MR) is 76.7 cm³/mol. The fraction of sp³-hybridized carbons (Fsp3) is 0.188. The summed E-state index contributed by atoms with van der Waals surface area (Å²) < 4.78 is 26.2. The number of hydrogen-bond donors (Lipinski definition) is 3. The van der Waals surface area contributed by atoms with E-state index >= 15 is 0 Å². The average Bonchev–Trinajstić information content (AvgIpc) is 2.49. The number of hydrogen-bond acceptors (Lipinski definition) is 2. The van der Waals surface area contributed by atoms with Crippen LogP contribution in [0.25, 0.3) is 0 Å². The molecule has 0 fully saturated rings. The van der Waals surface area contributed by atoms with Gasteiger partial charge in [0.2, 0.25) is 0 Å². The zero-order chi connectivity index (χ0) is 16.1. The first-order valence-corrected chi connectivity index (χ1v) is 6.62. The SMILES string of the molecule is O=C(O)N[C@H](CO)C(c1ccc(F)cc1)c1ccc(F)cc1. The van der Waals surface area contributed by atoms with Gasteiger partial charge in [0.1, 0.15) is 11.6 Å². The summed E-state index contributed by atoms with van der Waals surface area (Å²) in [7, 11) is 0. The van der Waals surface area contributed by atoms with Crippen LogP contribution in [0.5, 0.6) is 0 Å². The van der Waals surface area contributed by atoms with Crippen molar-refractivity contribution < 1.29 is 23.8 Å². The summed E-state index contributed by atoms with van der Waals surface area (Å²) in [5, 5.41) is 20.6. The highest BCUT2D eigenvalue weighted by Crippen LogP contribution is 2.28. The van der Waals surface area contributed by atoms with Gasteiger partial charge in [0.15, 0.2) is 0 Å². The number of halogens is 2. The van der Waals surface area contributed by atoms with Crippen LogP contribution in [0.1, 0.15) is 17.0 Å². The lowest BCUT2D eigenvalue weighted by Gasteiger charge is -2.26. The van der Waals surface area contributed by atoms with Crippen molar-refractivity contribution in [2.75, 3.05) is 6.61 Å². The summed E-state index contributed by atoms with van der Waals surface area (Å²) in [6, 6.07) is 10.2. The molecule has 22 heavy (non-hydrogen) atoms. The minimum absolute atomic E-state index is 0.423. The van der Waals surface area contributed by atoms with Crippen molar-refractivity contribution in [3.05, 3.63) is 71.3 Å². The highest BCUT2D eigenvalue weighted by atomic mass is 19.1. The number of rotatable bonds is 5. The monoisotopic (exact) mass is 307 g/mol. The highest BCUT2D eigenvalue weighted by molar-refractivity contribution is 5.65. The average molecular weight is 307 g/mol. The molecule has 2 aromatic rings. The second kappa shape index (κ2) is 7.00. The fourth-order valence-electron chi connectivity index (χ4n) is 2.39. The van der Waals surface area contributed by atoms with Gasteiger partial charge in [-0.2, -0.15) is 0 Å². The predicted octanol–water partition coefficient (Wildman–Crippen LogP) is 2.73. The Balaban J connectivity index is 2.45. The molecule has 3 N–H and O–H groups in total. The number of amides is 1. The van der Waals surface area contributed by atoms with E-state index in [1.54, 1.807) is 0 Å². The molecule has 6 heteroatoms. The topological polar surface area (TPSA) is 69.6 Å². The molecule has 4 nitrogen and oxygen atoms in total. The molecule has 0 radical (unpaired) electrons. The van der Waals surface area contributed by atoms with E-state index in [2.05, 4.69) is 5.32 Å². The van der Waals surface area contributed by atoms with Gasteiger partial charge in [0.05, 0.1) is 12.6 Å². The Morgan fingerprint density at radius 2 is 1.36 bits per heavy atom. The van der Waals surface area contributed by atoms with Gasteiger partial charge in [-0.3, -0.25) is 0 Å². The minimum atomic E-state index is -1.28. The number of aliphatic hydroxyl groups is 1. The molecule has 0 saturated heterocycles. The summed E-state index contributed by atoms with van der Waals surface area (Å²) in [5.41, 5.74) is 1.22. The molecule has 0 heterocycles. The van der Waals surface area contributed by atoms with E-state index in [1.807, 2.05) is 0 Å². The molecule has 1 atom stereocenters. The summed E-state index contributed by atoms with van der Waals surface area (Å²) in [4.78, 5) is 10.9. The first kappa shape index (κ1) is 15.9. The standard InChI is InChI=1S/C16H15F2NO3/c17-12-5-1-10(2-6-12)15(14(9-20)19-16(21)22)11-3-7-13(18)8-4-11/h1-8,14-15,19-20H,9H2,(H,21,22)/t14-/m1/s1. The van der Waals surface area contributed by atoms with E-state index in [0.717, 1.165) is 0 Å². The highest BCUT2D eigenvalue weighted by Gasteiger charge is 2.26. The van der Waals surface area contributed by atoms with Gasteiger partial charge >= 0.3 is 6.09 Å². The Bertz CT molecular complexity index is 583. The summed E-state index contributed by atoms with van der Waals surface area (Å²) >= 11 is 0. The van der Waals surface area contributed by atoms with Crippen LogP contribution in [0.3, 0.4) is 0 Å². The molecule has 2 rings (SSSR count). The lowest BCUT2D eigenvalue weighted by Crippen LogP contribution is -2.41. The van der Waals surface area contributed by atoms with E-state index in [1.165, 1.54) is 48.5 Å². The van der Waals surface area contributed by atoms with Crippen molar-refractivity contribution in [3.63, 3.8) is 0 Å². The number of benzene rings is 2. The van der Waals surface area contributed by atoms with Gasteiger partial charge in [-0.15, -0.1) is 0 Å². The van der Waals surface area contributed by atoms with Crippen LogP contribution in [0.2, 0.25) is 0 Å². The molecule has 0 aliphatic heterocycles. The Labute approximate surface area is 126 Å². The summed E-state index contributed by atoms with van der Waals surface area (Å²) in [6.07, 6.45) is -1.28. The number of aliphatic hydroxyl groups excluding tert-OH is 1. The third-order valence-electron chi connectivity index (χ3n) is 3.37.